The molecule has 0 radical (unpaired) electrons. The molecule has 1 aromatic heterocycles. The Morgan fingerprint density at radius 2 is 2.16 bits per heavy atom. The number of carbonyl (C=O) groups excluding carboxylic acids is 1. The van der Waals surface area contributed by atoms with Gasteiger partial charge in [0, 0.05) is 13.0 Å². The molecular weight excluding hydrogens is 330 g/mol. The average molecular weight is 348 g/mol. The fourth-order valence-electron chi connectivity index (χ4n) is 1.61. The van der Waals surface area contributed by atoms with Gasteiger partial charge in [-0.05, 0) is 53.2 Å². The van der Waals surface area contributed by atoms with Crippen LogP contribution >= 0.6 is 27.3 Å². The van der Waals surface area contributed by atoms with Gasteiger partial charge in [0.15, 0.2) is 0 Å². The predicted molar refractivity (Wildman–Crippen MR) is 79.7 cm³/mol. The molecule has 0 aliphatic rings. The Kier molecular flexibility index (Phi) is 6.51. The molecular formula is C13H18BrNO3S. The molecule has 0 aliphatic heterocycles. The molecule has 0 saturated heterocycles. The summed E-state index contributed by atoms with van der Waals surface area (Å²) in [4.78, 5) is 23.0. The van der Waals surface area contributed by atoms with Crippen molar-refractivity contribution in [1.29, 1.82) is 0 Å². The zero-order valence-electron chi connectivity index (χ0n) is 11.0. The van der Waals surface area contributed by atoms with Crippen molar-refractivity contribution in [2.75, 3.05) is 6.54 Å². The summed E-state index contributed by atoms with van der Waals surface area (Å²) >= 11 is 4.82. The average Bonchev–Trinajstić information content (AvgIpc) is 2.67. The normalized spacial score (nSPS) is 12.2. The molecule has 1 rings (SSSR count). The van der Waals surface area contributed by atoms with Gasteiger partial charge < -0.3 is 10.4 Å². The van der Waals surface area contributed by atoms with Gasteiger partial charge in [-0.15, -0.1) is 11.3 Å². The first kappa shape index (κ1) is 16.2. The van der Waals surface area contributed by atoms with Crippen LogP contribution < -0.4 is 5.32 Å². The second-order valence-electron chi connectivity index (χ2n) is 4.65. The lowest BCUT2D eigenvalue weighted by Gasteiger charge is -2.10. The van der Waals surface area contributed by atoms with Crippen LogP contribution in [-0.4, -0.2) is 23.5 Å². The molecule has 1 atom stereocenters. The van der Waals surface area contributed by atoms with E-state index in [4.69, 9.17) is 5.11 Å². The van der Waals surface area contributed by atoms with Crippen LogP contribution in [0.25, 0.3) is 0 Å². The molecule has 1 aromatic rings. The number of carboxylic acids is 1. The highest BCUT2D eigenvalue weighted by molar-refractivity contribution is 9.11. The van der Waals surface area contributed by atoms with Gasteiger partial charge in [-0.1, -0.05) is 6.92 Å². The van der Waals surface area contributed by atoms with E-state index in [0.29, 0.717) is 23.8 Å². The zero-order valence-corrected chi connectivity index (χ0v) is 13.4. The Balaban J connectivity index is 2.29. The number of halogens is 1. The van der Waals surface area contributed by atoms with E-state index in [0.717, 1.165) is 15.8 Å². The first-order chi connectivity index (χ1) is 8.90. The maximum Gasteiger partial charge on any atom is 0.303 e. The van der Waals surface area contributed by atoms with Crippen molar-refractivity contribution >= 4 is 39.1 Å². The molecule has 0 aliphatic carbocycles. The lowest BCUT2D eigenvalue weighted by molar-refractivity contribution is -0.137. The Morgan fingerprint density at radius 1 is 1.47 bits per heavy atom. The summed E-state index contributed by atoms with van der Waals surface area (Å²) in [6.07, 6.45) is 1.63. The van der Waals surface area contributed by atoms with Gasteiger partial charge in [-0.25, -0.2) is 0 Å². The fraction of sp³-hybridized carbons (Fsp3) is 0.538. The smallest absolute Gasteiger partial charge is 0.303 e. The molecule has 0 aromatic carbocycles. The summed E-state index contributed by atoms with van der Waals surface area (Å²) < 4.78 is 0.979. The minimum Gasteiger partial charge on any atom is -0.481 e. The van der Waals surface area contributed by atoms with Crippen LogP contribution in [0.5, 0.6) is 0 Å². The highest BCUT2D eigenvalue weighted by atomic mass is 79.9. The number of carbonyl (C=O) groups is 2. The molecule has 2 N–H and O–H groups in total. The maximum atomic E-state index is 11.8. The molecule has 1 unspecified atom stereocenters. The van der Waals surface area contributed by atoms with Gasteiger partial charge in [0.05, 0.1) is 8.66 Å². The SMILES string of the molecule is Cc1cc(C(=O)NCCC(C)CCC(=O)O)sc1Br. The molecule has 19 heavy (non-hydrogen) atoms. The Bertz CT molecular complexity index is 439. The number of thiophene rings is 1. The summed E-state index contributed by atoms with van der Waals surface area (Å²) in [5.74, 6) is -0.535. The minimum atomic E-state index is -0.769. The van der Waals surface area contributed by atoms with Crippen molar-refractivity contribution < 1.29 is 14.7 Å². The van der Waals surface area contributed by atoms with E-state index in [-0.39, 0.29) is 12.3 Å². The summed E-state index contributed by atoms with van der Waals surface area (Å²) in [6, 6.07) is 1.86. The van der Waals surface area contributed by atoms with Gasteiger partial charge in [-0.2, -0.15) is 0 Å². The minimum absolute atomic E-state index is 0.0655. The number of rotatable bonds is 7. The van der Waals surface area contributed by atoms with Crippen LogP contribution in [0.3, 0.4) is 0 Å². The molecule has 4 nitrogen and oxygen atoms in total. The Hall–Kier alpha value is -0.880. The zero-order chi connectivity index (χ0) is 14.4. The topological polar surface area (TPSA) is 66.4 Å². The van der Waals surface area contributed by atoms with Crippen molar-refractivity contribution in [2.45, 2.75) is 33.1 Å². The van der Waals surface area contributed by atoms with Crippen LogP contribution in [0, 0.1) is 12.8 Å². The summed E-state index contributed by atoms with van der Waals surface area (Å²) in [6.45, 7) is 4.53. The van der Waals surface area contributed by atoms with E-state index >= 15 is 0 Å². The van der Waals surface area contributed by atoms with Crippen LogP contribution in [0.15, 0.2) is 9.85 Å². The second-order valence-corrected chi connectivity index (χ2v) is 7.02. The van der Waals surface area contributed by atoms with E-state index in [1.807, 2.05) is 19.9 Å². The number of amides is 1. The van der Waals surface area contributed by atoms with E-state index in [9.17, 15) is 9.59 Å². The van der Waals surface area contributed by atoms with E-state index in [1.54, 1.807) is 0 Å². The van der Waals surface area contributed by atoms with E-state index in [1.165, 1.54) is 11.3 Å². The quantitative estimate of drug-likeness (QED) is 0.793. The number of carboxylic acid groups (broad SMARTS) is 1. The Morgan fingerprint density at radius 3 is 2.68 bits per heavy atom. The monoisotopic (exact) mass is 347 g/mol. The molecule has 1 amide bonds. The fourth-order valence-corrected chi connectivity index (χ4v) is 3.06. The van der Waals surface area contributed by atoms with Crippen LogP contribution in [-0.2, 0) is 4.79 Å². The van der Waals surface area contributed by atoms with E-state index < -0.39 is 5.97 Å². The van der Waals surface area contributed by atoms with Gasteiger partial charge in [0.1, 0.15) is 0 Å². The largest absolute Gasteiger partial charge is 0.481 e. The first-order valence-electron chi connectivity index (χ1n) is 6.16. The third kappa shape index (κ3) is 5.74. The molecule has 6 heteroatoms. The van der Waals surface area contributed by atoms with Crippen molar-refractivity contribution in [3.05, 3.63) is 20.3 Å². The van der Waals surface area contributed by atoms with Crippen molar-refractivity contribution in [1.82, 2.24) is 5.32 Å². The number of aryl methyl sites for hydroxylation is 1. The molecule has 0 spiro atoms. The molecule has 0 saturated carbocycles. The summed E-state index contributed by atoms with van der Waals surface area (Å²) in [5.41, 5.74) is 1.06. The van der Waals surface area contributed by atoms with Crippen LogP contribution in [0.4, 0.5) is 0 Å². The predicted octanol–water partition coefficient (Wildman–Crippen LogP) is 3.44. The van der Waals surface area contributed by atoms with Gasteiger partial charge in [0.2, 0.25) is 0 Å². The van der Waals surface area contributed by atoms with Crippen molar-refractivity contribution in [3.8, 4) is 0 Å². The van der Waals surface area contributed by atoms with Gasteiger partial charge >= 0.3 is 5.97 Å². The molecule has 106 valence electrons. The summed E-state index contributed by atoms with van der Waals surface area (Å²) in [5, 5.41) is 11.4. The first-order valence-corrected chi connectivity index (χ1v) is 7.77. The second kappa shape index (κ2) is 7.65. The maximum absolute atomic E-state index is 11.8. The Labute approximate surface area is 125 Å². The molecule has 0 fully saturated rings. The molecule has 1 heterocycles. The van der Waals surface area contributed by atoms with Gasteiger partial charge in [0.25, 0.3) is 5.91 Å². The lowest BCUT2D eigenvalue weighted by Crippen LogP contribution is -2.24. The number of aliphatic carboxylic acids is 1. The van der Waals surface area contributed by atoms with Gasteiger partial charge in [-0.3, -0.25) is 9.59 Å². The lowest BCUT2D eigenvalue weighted by atomic mass is 10.0. The van der Waals surface area contributed by atoms with Crippen molar-refractivity contribution in [3.63, 3.8) is 0 Å². The number of hydrogen-bond acceptors (Lipinski definition) is 3. The van der Waals surface area contributed by atoms with Crippen molar-refractivity contribution in [2.24, 2.45) is 5.92 Å². The standard InChI is InChI=1S/C13H18BrNO3S/c1-8(3-4-11(16)17)5-6-15-13(18)10-7-9(2)12(14)19-10/h7-8H,3-6H2,1-2H3,(H,15,18)(H,16,17). The van der Waals surface area contributed by atoms with Crippen LogP contribution in [0.2, 0.25) is 0 Å². The van der Waals surface area contributed by atoms with Crippen LogP contribution in [0.1, 0.15) is 41.4 Å². The number of hydrogen-bond donors (Lipinski definition) is 2. The highest BCUT2D eigenvalue weighted by Crippen LogP contribution is 2.27. The van der Waals surface area contributed by atoms with E-state index in [2.05, 4.69) is 21.2 Å². The molecule has 0 bridgehead atoms. The number of nitrogens with one attached hydrogen (secondary N) is 1. The summed E-state index contributed by atoms with van der Waals surface area (Å²) in [7, 11) is 0. The third-order valence-corrected chi connectivity index (χ3v) is 4.99. The highest BCUT2D eigenvalue weighted by Gasteiger charge is 2.11. The third-order valence-electron chi connectivity index (χ3n) is 2.85.